The standard InChI is InChI=1S/C22H32O2S2/c1-23-11-17-13-3-7-19-20(8-4-14(13)17)26-22-10-6-16-15(18(16)12-24-2)5-9-21(22)25-19/h13-18H,3-12H2,1-2H3/t13-,14+,15+,16-,17?,18?. The third kappa shape index (κ3) is 3.33. The Morgan fingerprint density at radius 3 is 1.19 bits per heavy atom. The largest absolute Gasteiger partial charge is 0.384 e. The summed E-state index contributed by atoms with van der Waals surface area (Å²) in [5.74, 6) is 5.51. The van der Waals surface area contributed by atoms with Crippen LogP contribution in [0.4, 0.5) is 0 Å². The van der Waals surface area contributed by atoms with Crippen molar-refractivity contribution >= 4 is 23.5 Å². The van der Waals surface area contributed by atoms with E-state index < -0.39 is 0 Å². The molecule has 0 spiro atoms. The van der Waals surface area contributed by atoms with Gasteiger partial charge in [0.2, 0.25) is 0 Å². The summed E-state index contributed by atoms with van der Waals surface area (Å²) < 4.78 is 10.9. The number of rotatable bonds is 4. The van der Waals surface area contributed by atoms with Gasteiger partial charge in [-0.15, -0.1) is 0 Å². The van der Waals surface area contributed by atoms with E-state index in [9.17, 15) is 0 Å². The molecule has 5 aliphatic rings. The van der Waals surface area contributed by atoms with Crippen LogP contribution in [0.1, 0.15) is 51.4 Å². The van der Waals surface area contributed by atoms with Crippen LogP contribution in [-0.4, -0.2) is 27.4 Å². The topological polar surface area (TPSA) is 18.5 Å². The third-order valence-electron chi connectivity index (χ3n) is 7.67. The molecule has 2 fully saturated rings. The Bertz CT molecular complexity index is 528. The Hall–Kier alpha value is 0.1000. The van der Waals surface area contributed by atoms with Crippen LogP contribution in [0.15, 0.2) is 19.6 Å². The molecule has 144 valence electrons. The molecule has 4 aliphatic carbocycles. The van der Waals surface area contributed by atoms with Crippen molar-refractivity contribution in [2.75, 3.05) is 27.4 Å². The maximum Gasteiger partial charge on any atom is 0.0496 e. The van der Waals surface area contributed by atoms with E-state index in [0.29, 0.717) is 0 Å². The zero-order chi connectivity index (χ0) is 17.7. The first-order valence-electron chi connectivity index (χ1n) is 10.6. The first kappa shape index (κ1) is 18.1. The molecule has 2 nitrogen and oxygen atoms in total. The zero-order valence-electron chi connectivity index (χ0n) is 16.2. The predicted octanol–water partition coefficient (Wildman–Crippen LogP) is 6.05. The quantitative estimate of drug-likeness (QED) is 0.579. The molecule has 0 bridgehead atoms. The number of fused-ring (bicyclic) bond motifs is 2. The fourth-order valence-corrected chi connectivity index (χ4v) is 8.96. The van der Waals surface area contributed by atoms with Crippen molar-refractivity contribution in [1.29, 1.82) is 0 Å². The van der Waals surface area contributed by atoms with E-state index in [4.69, 9.17) is 9.47 Å². The summed E-state index contributed by atoms with van der Waals surface area (Å²) in [7, 11) is 3.74. The monoisotopic (exact) mass is 392 g/mol. The highest BCUT2D eigenvalue weighted by atomic mass is 32.2. The molecular weight excluding hydrogens is 360 g/mol. The molecule has 4 heteroatoms. The van der Waals surface area contributed by atoms with Crippen molar-refractivity contribution < 1.29 is 9.47 Å². The van der Waals surface area contributed by atoms with E-state index in [0.717, 1.165) is 48.7 Å². The van der Waals surface area contributed by atoms with Crippen LogP contribution in [0.2, 0.25) is 0 Å². The molecule has 26 heavy (non-hydrogen) atoms. The highest BCUT2D eigenvalue weighted by Crippen LogP contribution is 2.61. The molecular formula is C22H32O2S2. The minimum absolute atomic E-state index is 0.857. The van der Waals surface area contributed by atoms with Crippen molar-refractivity contribution in [2.24, 2.45) is 35.5 Å². The molecule has 2 saturated carbocycles. The molecule has 1 aliphatic heterocycles. The van der Waals surface area contributed by atoms with E-state index in [1.54, 1.807) is 19.6 Å². The van der Waals surface area contributed by atoms with Gasteiger partial charge in [-0.25, -0.2) is 0 Å². The molecule has 5 rings (SSSR count). The lowest BCUT2D eigenvalue weighted by Gasteiger charge is -2.27. The van der Waals surface area contributed by atoms with E-state index in [2.05, 4.69) is 23.5 Å². The molecule has 0 amide bonds. The van der Waals surface area contributed by atoms with Gasteiger partial charge in [0, 0.05) is 27.4 Å². The summed E-state index contributed by atoms with van der Waals surface area (Å²) in [6.07, 6.45) is 10.9. The summed E-state index contributed by atoms with van der Waals surface area (Å²) in [6.45, 7) is 1.97. The molecule has 0 aromatic carbocycles. The summed E-state index contributed by atoms with van der Waals surface area (Å²) in [6, 6.07) is 0. The fraction of sp³-hybridized carbons (Fsp3) is 0.818. The normalized spacial score (nSPS) is 41.8. The van der Waals surface area contributed by atoms with Crippen LogP contribution in [-0.2, 0) is 9.47 Å². The first-order chi connectivity index (χ1) is 12.8. The Kier molecular flexibility index (Phi) is 5.23. The fourth-order valence-electron chi connectivity index (χ4n) is 6.12. The summed E-state index contributed by atoms with van der Waals surface area (Å²) in [4.78, 5) is 6.93. The number of hydrogen-bond donors (Lipinski definition) is 0. The summed E-state index contributed by atoms with van der Waals surface area (Å²) >= 11 is 4.38. The number of ether oxygens (including phenoxy) is 2. The van der Waals surface area contributed by atoms with Gasteiger partial charge < -0.3 is 9.47 Å². The molecule has 2 unspecified atom stereocenters. The maximum atomic E-state index is 5.46. The highest BCUT2D eigenvalue weighted by Gasteiger charge is 2.51. The minimum atomic E-state index is 0.857. The number of allylic oxidation sites excluding steroid dienone is 4. The SMILES string of the molecule is COCC1[C@H]2CCC3=C(CC[C@@H]12)SC1=C(CC[C@H]2C(COC)[C@H]2CC1)S3. The van der Waals surface area contributed by atoms with Crippen molar-refractivity contribution in [2.45, 2.75) is 51.4 Å². The van der Waals surface area contributed by atoms with Crippen LogP contribution >= 0.6 is 23.5 Å². The maximum absolute atomic E-state index is 5.46. The summed E-state index contributed by atoms with van der Waals surface area (Å²) in [5.41, 5.74) is 0. The second kappa shape index (κ2) is 7.50. The lowest BCUT2D eigenvalue weighted by molar-refractivity contribution is 0.176. The Balaban J connectivity index is 1.23. The van der Waals surface area contributed by atoms with Gasteiger partial charge in [-0.3, -0.25) is 0 Å². The lowest BCUT2D eigenvalue weighted by Crippen LogP contribution is -2.03. The van der Waals surface area contributed by atoms with E-state index in [1.165, 1.54) is 51.4 Å². The highest BCUT2D eigenvalue weighted by molar-refractivity contribution is 8.13. The third-order valence-corrected chi connectivity index (χ3v) is 10.7. The smallest absolute Gasteiger partial charge is 0.0496 e. The number of thioether (sulfide) groups is 2. The van der Waals surface area contributed by atoms with Gasteiger partial charge >= 0.3 is 0 Å². The second-order valence-electron chi connectivity index (χ2n) is 8.95. The Morgan fingerprint density at radius 1 is 0.615 bits per heavy atom. The molecule has 0 N–H and O–H groups in total. The van der Waals surface area contributed by atoms with Gasteiger partial charge in [-0.1, -0.05) is 23.5 Å². The van der Waals surface area contributed by atoms with Gasteiger partial charge in [-0.05, 0) is 106 Å². The van der Waals surface area contributed by atoms with Gasteiger partial charge in [0.05, 0.1) is 0 Å². The van der Waals surface area contributed by atoms with E-state index >= 15 is 0 Å². The van der Waals surface area contributed by atoms with Crippen LogP contribution in [0.5, 0.6) is 0 Å². The average molecular weight is 393 g/mol. The average Bonchev–Trinajstić information content (AvgIpc) is 3.47. The molecule has 0 aromatic rings. The molecule has 6 atom stereocenters. The Morgan fingerprint density at radius 2 is 0.923 bits per heavy atom. The summed E-state index contributed by atoms with van der Waals surface area (Å²) in [5, 5.41) is 0. The number of hydrogen-bond acceptors (Lipinski definition) is 4. The van der Waals surface area contributed by atoms with Crippen molar-refractivity contribution in [3.8, 4) is 0 Å². The van der Waals surface area contributed by atoms with Gasteiger partial charge in [0.15, 0.2) is 0 Å². The second-order valence-corrected chi connectivity index (χ2v) is 11.3. The van der Waals surface area contributed by atoms with E-state index in [-0.39, 0.29) is 0 Å². The number of methoxy groups -OCH3 is 2. The molecule has 1 heterocycles. The van der Waals surface area contributed by atoms with Crippen LogP contribution in [0.25, 0.3) is 0 Å². The minimum Gasteiger partial charge on any atom is -0.384 e. The first-order valence-corrected chi connectivity index (χ1v) is 12.2. The van der Waals surface area contributed by atoms with E-state index in [1.807, 2.05) is 14.2 Å². The Labute approximate surface area is 166 Å². The lowest BCUT2D eigenvalue weighted by atomic mass is 10.1. The van der Waals surface area contributed by atoms with Crippen LogP contribution in [0.3, 0.4) is 0 Å². The zero-order valence-corrected chi connectivity index (χ0v) is 17.8. The molecule has 0 radical (unpaired) electrons. The molecule has 0 saturated heterocycles. The predicted molar refractivity (Wildman–Crippen MR) is 111 cm³/mol. The van der Waals surface area contributed by atoms with Crippen molar-refractivity contribution in [3.63, 3.8) is 0 Å². The van der Waals surface area contributed by atoms with Gasteiger partial charge in [0.1, 0.15) is 0 Å². The van der Waals surface area contributed by atoms with Crippen molar-refractivity contribution in [1.82, 2.24) is 0 Å². The van der Waals surface area contributed by atoms with Gasteiger partial charge in [-0.2, -0.15) is 0 Å². The van der Waals surface area contributed by atoms with Crippen molar-refractivity contribution in [3.05, 3.63) is 19.6 Å². The van der Waals surface area contributed by atoms with Crippen LogP contribution < -0.4 is 0 Å². The van der Waals surface area contributed by atoms with Gasteiger partial charge in [0.25, 0.3) is 0 Å². The molecule has 0 aromatic heterocycles. The van der Waals surface area contributed by atoms with Crippen LogP contribution in [0, 0.1) is 35.5 Å².